The SMILES string of the molecule is CCCCCOc1ccc(Nc2nc(OCC(=O)O)c(C)s2)cc1C(F)(F)F. The number of carboxylic acid groups (broad SMARTS) is 1. The van der Waals surface area contributed by atoms with Crippen molar-refractivity contribution in [3.05, 3.63) is 28.6 Å². The third kappa shape index (κ3) is 6.29. The highest BCUT2D eigenvalue weighted by atomic mass is 32.1. The molecule has 10 heteroatoms. The van der Waals surface area contributed by atoms with Crippen LogP contribution in [0, 0.1) is 6.92 Å². The number of benzene rings is 1. The third-order valence-electron chi connectivity index (χ3n) is 3.63. The Labute approximate surface area is 164 Å². The number of alkyl halides is 3. The zero-order valence-electron chi connectivity index (χ0n) is 15.4. The molecule has 2 aromatic rings. The Morgan fingerprint density at radius 1 is 1.29 bits per heavy atom. The number of aryl methyl sites for hydroxylation is 1. The standard InChI is InChI=1S/C18H21F3N2O4S/c1-3-4-5-8-26-14-7-6-12(9-13(14)18(19,20)21)22-17-23-16(11(2)28-17)27-10-15(24)25/h6-7,9H,3-5,8,10H2,1-2H3,(H,22,23)(H,24,25). The van der Waals surface area contributed by atoms with E-state index in [0.29, 0.717) is 16.4 Å². The lowest BCUT2D eigenvalue weighted by Crippen LogP contribution is -2.10. The predicted octanol–water partition coefficient (Wildman–Crippen LogP) is 5.25. The number of hydrogen-bond donors (Lipinski definition) is 2. The number of rotatable bonds is 10. The first-order valence-corrected chi connectivity index (χ1v) is 9.45. The number of carboxylic acids is 1. The fourth-order valence-corrected chi connectivity index (χ4v) is 3.09. The van der Waals surface area contributed by atoms with Crippen LogP contribution < -0.4 is 14.8 Å². The monoisotopic (exact) mass is 418 g/mol. The van der Waals surface area contributed by atoms with E-state index in [1.807, 2.05) is 6.92 Å². The van der Waals surface area contributed by atoms with Crippen LogP contribution in [0.3, 0.4) is 0 Å². The molecule has 0 radical (unpaired) electrons. The van der Waals surface area contributed by atoms with Crippen molar-refractivity contribution < 1.29 is 32.5 Å². The lowest BCUT2D eigenvalue weighted by molar-refractivity contribution is -0.140. The molecule has 0 aliphatic rings. The molecule has 6 nitrogen and oxygen atoms in total. The van der Waals surface area contributed by atoms with E-state index in [9.17, 15) is 18.0 Å². The molecule has 1 heterocycles. The van der Waals surface area contributed by atoms with E-state index in [-0.39, 0.29) is 23.9 Å². The second-order valence-corrected chi connectivity index (χ2v) is 7.16. The number of ether oxygens (including phenoxy) is 2. The predicted molar refractivity (Wildman–Crippen MR) is 99.7 cm³/mol. The summed E-state index contributed by atoms with van der Waals surface area (Å²) in [6, 6.07) is 3.71. The third-order valence-corrected chi connectivity index (χ3v) is 4.50. The zero-order chi connectivity index (χ0) is 20.7. The molecule has 0 spiro atoms. The van der Waals surface area contributed by atoms with Gasteiger partial charge in [-0.1, -0.05) is 31.1 Å². The summed E-state index contributed by atoms with van der Waals surface area (Å²) in [5.74, 6) is -1.23. The van der Waals surface area contributed by atoms with Crippen molar-refractivity contribution in [2.45, 2.75) is 39.3 Å². The first kappa shape index (κ1) is 21.8. The normalized spacial score (nSPS) is 11.3. The Balaban J connectivity index is 2.15. The Bertz CT molecular complexity index is 809. The van der Waals surface area contributed by atoms with Gasteiger partial charge >= 0.3 is 12.1 Å². The van der Waals surface area contributed by atoms with E-state index in [4.69, 9.17) is 14.6 Å². The number of nitrogens with one attached hydrogen (secondary N) is 1. The summed E-state index contributed by atoms with van der Waals surface area (Å²) < 4.78 is 50.5. The summed E-state index contributed by atoms with van der Waals surface area (Å²) in [5.41, 5.74) is -0.684. The van der Waals surface area contributed by atoms with E-state index in [1.54, 1.807) is 6.92 Å². The highest BCUT2D eigenvalue weighted by Crippen LogP contribution is 2.39. The van der Waals surface area contributed by atoms with Gasteiger partial charge in [-0.2, -0.15) is 18.2 Å². The molecular weight excluding hydrogens is 397 g/mol. The van der Waals surface area contributed by atoms with E-state index in [1.165, 1.54) is 12.1 Å². The average molecular weight is 418 g/mol. The first-order chi connectivity index (χ1) is 13.2. The van der Waals surface area contributed by atoms with Gasteiger partial charge in [-0.25, -0.2) is 4.79 Å². The van der Waals surface area contributed by atoms with Gasteiger partial charge in [0.05, 0.1) is 17.0 Å². The molecule has 0 atom stereocenters. The number of nitrogens with zero attached hydrogens (tertiary/aromatic N) is 1. The van der Waals surface area contributed by atoms with E-state index >= 15 is 0 Å². The van der Waals surface area contributed by atoms with Crippen molar-refractivity contribution in [3.63, 3.8) is 0 Å². The topological polar surface area (TPSA) is 80.7 Å². The molecule has 0 aliphatic carbocycles. The number of hydrogen-bond acceptors (Lipinski definition) is 6. The molecule has 0 amide bonds. The number of thiazole rings is 1. The molecule has 1 aromatic heterocycles. The van der Waals surface area contributed by atoms with Crippen LogP contribution in [-0.4, -0.2) is 29.3 Å². The van der Waals surface area contributed by atoms with Crippen LogP contribution in [0.4, 0.5) is 24.0 Å². The molecule has 154 valence electrons. The molecule has 0 aliphatic heterocycles. The van der Waals surface area contributed by atoms with Crippen LogP contribution in [0.15, 0.2) is 18.2 Å². The van der Waals surface area contributed by atoms with Crippen molar-refractivity contribution in [2.24, 2.45) is 0 Å². The van der Waals surface area contributed by atoms with E-state index in [2.05, 4.69) is 10.3 Å². The molecule has 2 rings (SSSR count). The smallest absolute Gasteiger partial charge is 0.420 e. The fraction of sp³-hybridized carbons (Fsp3) is 0.444. The highest BCUT2D eigenvalue weighted by Gasteiger charge is 2.34. The maximum atomic E-state index is 13.4. The number of anilines is 2. The second-order valence-electron chi connectivity index (χ2n) is 5.95. The average Bonchev–Trinajstić information content (AvgIpc) is 2.96. The Morgan fingerprint density at radius 2 is 2.04 bits per heavy atom. The maximum Gasteiger partial charge on any atom is 0.420 e. The quantitative estimate of drug-likeness (QED) is 0.513. The molecule has 0 saturated carbocycles. The number of unbranched alkanes of at least 4 members (excludes halogenated alkanes) is 2. The van der Waals surface area contributed by atoms with Crippen LogP contribution in [0.1, 0.15) is 36.6 Å². The first-order valence-electron chi connectivity index (χ1n) is 8.63. The maximum absolute atomic E-state index is 13.4. The van der Waals surface area contributed by atoms with Gasteiger partial charge in [0.25, 0.3) is 0 Å². The second kappa shape index (κ2) is 9.63. The summed E-state index contributed by atoms with van der Waals surface area (Å²) in [4.78, 5) is 15.3. The van der Waals surface area contributed by atoms with Gasteiger partial charge in [-0.15, -0.1) is 0 Å². The molecule has 0 unspecified atom stereocenters. The Hall–Kier alpha value is -2.49. The van der Waals surface area contributed by atoms with Crippen LogP contribution in [-0.2, 0) is 11.0 Å². The number of halogens is 3. The Kier molecular flexibility index (Phi) is 7.50. The number of carbonyl (C=O) groups is 1. The molecule has 0 saturated heterocycles. The van der Waals surface area contributed by atoms with Crippen molar-refractivity contribution in [1.82, 2.24) is 4.98 Å². The van der Waals surface area contributed by atoms with Crippen LogP contribution in [0.25, 0.3) is 0 Å². The van der Waals surface area contributed by atoms with Gasteiger partial charge in [-0.05, 0) is 31.5 Å². The zero-order valence-corrected chi connectivity index (χ0v) is 16.2. The van der Waals surface area contributed by atoms with Gasteiger partial charge in [0, 0.05) is 5.69 Å². The van der Waals surface area contributed by atoms with Crippen LogP contribution in [0.2, 0.25) is 0 Å². The lowest BCUT2D eigenvalue weighted by Gasteiger charge is -2.15. The number of aromatic nitrogens is 1. The minimum absolute atomic E-state index is 0.127. The minimum atomic E-state index is -4.56. The van der Waals surface area contributed by atoms with Gasteiger partial charge < -0.3 is 19.9 Å². The van der Waals surface area contributed by atoms with Gasteiger partial charge in [-0.3, -0.25) is 0 Å². The van der Waals surface area contributed by atoms with Crippen molar-refractivity contribution in [3.8, 4) is 11.6 Å². The van der Waals surface area contributed by atoms with Crippen LogP contribution in [0.5, 0.6) is 11.6 Å². The van der Waals surface area contributed by atoms with E-state index in [0.717, 1.165) is 30.2 Å². The van der Waals surface area contributed by atoms with Gasteiger partial charge in [0.2, 0.25) is 5.88 Å². The fourth-order valence-electron chi connectivity index (χ4n) is 2.31. The molecule has 1 aromatic carbocycles. The largest absolute Gasteiger partial charge is 0.493 e. The summed E-state index contributed by atoms with van der Waals surface area (Å²) in [5, 5.41) is 11.7. The van der Waals surface area contributed by atoms with Crippen molar-refractivity contribution in [2.75, 3.05) is 18.5 Å². The summed E-state index contributed by atoms with van der Waals surface area (Å²) in [7, 11) is 0. The molecule has 0 fully saturated rings. The molecule has 2 N–H and O–H groups in total. The summed E-state index contributed by atoms with van der Waals surface area (Å²) >= 11 is 1.15. The van der Waals surface area contributed by atoms with Crippen LogP contribution >= 0.6 is 11.3 Å². The Morgan fingerprint density at radius 3 is 2.68 bits per heavy atom. The minimum Gasteiger partial charge on any atom is -0.493 e. The molecular formula is C18H21F3N2O4S. The van der Waals surface area contributed by atoms with E-state index < -0.39 is 24.3 Å². The van der Waals surface area contributed by atoms with Gasteiger partial charge in [0.1, 0.15) is 5.75 Å². The molecule has 28 heavy (non-hydrogen) atoms. The molecule has 0 bridgehead atoms. The lowest BCUT2D eigenvalue weighted by atomic mass is 10.1. The summed E-state index contributed by atoms with van der Waals surface area (Å²) in [6.07, 6.45) is -2.04. The highest BCUT2D eigenvalue weighted by molar-refractivity contribution is 7.15. The summed E-state index contributed by atoms with van der Waals surface area (Å²) in [6.45, 7) is 3.35. The van der Waals surface area contributed by atoms with Crippen molar-refractivity contribution in [1.29, 1.82) is 0 Å². The van der Waals surface area contributed by atoms with Crippen molar-refractivity contribution >= 4 is 28.1 Å². The number of aliphatic carboxylic acids is 1. The van der Waals surface area contributed by atoms with Gasteiger partial charge in [0.15, 0.2) is 11.7 Å².